The molecule has 0 aliphatic carbocycles. The van der Waals surface area contributed by atoms with Crippen LogP contribution >= 0.6 is 0 Å². The van der Waals surface area contributed by atoms with E-state index in [0.29, 0.717) is 6.42 Å². The van der Waals surface area contributed by atoms with Gasteiger partial charge >= 0.3 is 0 Å². The lowest BCUT2D eigenvalue weighted by atomic mass is 9.93. The third kappa shape index (κ3) is 5.80. The summed E-state index contributed by atoms with van der Waals surface area (Å²) in [5, 5.41) is 3.31. The van der Waals surface area contributed by atoms with E-state index < -0.39 is 0 Å². The molecule has 1 atom stereocenters. The molecular weight excluding hydrogens is 416 g/mol. The highest BCUT2D eigenvalue weighted by atomic mass is 16.5. The number of ether oxygens (including phenoxy) is 2. The van der Waals surface area contributed by atoms with Crippen LogP contribution in [0.1, 0.15) is 30.0 Å². The molecule has 1 fully saturated rings. The molecule has 3 aromatic rings. The molecule has 1 amide bonds. The smallest absolute Gasteiger partial charge is 0.225 e. The van der Waals surface area contributed by atoms with Crippen LogP contribution in [0, 0.1) is 5.92 Å². The highest BCUT2D eigenvalue weighted by molar-refractivity contribution is 5.79. The molecule has 2 aromatic carbocycles. The van der Waals surface area contributed by atoms with E-state index >= 15 is 0 Å². The lowest BCUT2D eigenvalue weighted by Crippen LogP contribution is -2.42. The molecule has 33 heavy (non-hydrogen) atoms. The number of carbonyl (C=O) groups excluding carboxylic acids is 1. The highest BCUT2D eigenvalue weighted by Crippen LogP contribution is 2.25. The van der Waals surface area contributed by atoms with Crippen molar-refractivity contribution in [3.05, 3.63) is 78.1 Å². The third-order valence-corrected chi connectivity index (χ3v) is 6.13. The largest absolute Gasteiger partial charge is 0.497 e. The zero-order valence-electron chi connectivity index (χ0n) is 19.1. The second-order valence-electron chi connectivity index (χ2n) is 8.20. The fraction of sp³-hybridized carbons (Fsp3) is 0.346. The predicted molar refractivity (Wildman–Crippen MR) is 128 cm³/mol. The maximum Gasteiger partial charge on any atom is 0.225 e. The summed E-state index contributed by atoms with van der Waals surface area (Å²) in [5.41, 5.74) is 2.18. The van der Waals surface area contributed by atoms with Gasteiger partial charge in [0.2, 0.25) is 11.9 Å². The number of aromatic nitrogens is 2. The van der Waals surface area contributed by atoms with Gasteiger partial charge in [0.25, 0.3) is 0 Å². The minimum atomic E-state index is -0.132. The van der Waals surface area contributed by atoms with Crippen LogP contribution in [0.15, 0.2) is 67.0 Å². The van der Waals surface area contributed by atoms with Crippen molar-refractivity contribution in [3.8, 4) is 11.5 Å². The summed E-state index contributed by atoms with van der Waals surface area (Å²) >= 11 is 0. The Morgan fingerprint density at radius 1 is 0.970 bits per heavy atom. The van der Waals surface area contributed by atoms with Crippen molar-refractivity contribution in [3.63, 3.8) is 0 Å². The second-order valence-corrected chi connectivity index (χ2v) is 8.20. The number of methoxy groups -OCH3 is 2. The minimum Gasteiger partial charge on any atom is -0.497 e. The van der Waals surface area contributed by atoms with E-state index in [0.717, 1.165) is 54.5 Å². The van der Waals surface area contributed by atoms with Crippen molar-refractivity contribution in [1.29, 1.82) is 0 Å². The fourth-order valence-corrected chi connectivity index (χ4v) is 4.17. The predicted octanol–water partition coefficient (Wildman–Crippen LogP) is 3.81. The molecule has 1 saturated heterocycles. The van der Waals surface area contributed by atoms with Gasteiger partial charge in [-0.25, -0.2) is 9.97 Å². The molecule has 4 rings (SSSR count). The van der Waals surface area contributed by atoms with E-state index in [2.05, 4.69) is 20.2 Å². The van der Waals surface area contributed by atoms with Crippen LogP contribution in [-0.4, -0.2) is 43.2 Å². The summed E-state index contributed by atoms with van der Waals surface area (Å²) in [4.78, 5) is 24.0. The lowest BCUT2D eigenvalue weighted by molar-refractivity contribution is -0.126. The summed E-state index contributed by atoms with van der Waals surface area (Å²) < 4.78 is 10.6. The molecule has 1 aromatic heterocycles. The average Bonchev–Trinajstić information content (AvgIpc) is 2.89. The van der Waals surface area contributed by atoms with E-state index in [1.165, 1.54) is 0 Å². The molecule has 0 saturated carbocycles. The van der Waals surface area contributed by atoms with Gasteiger partial charge in [-0.1, -0.05) is 24.3 Å². The van der Waals surface area contributed by atoms with Crippen molar-refractivity contribution < 1.29 is 14.3 Å². The maximum absolute atomic E-state index is 13.2. The zero-order valence-corrected chi connectivity index (χ0v) is 19.1. The van der Waals surface area contributed by atoms with Gasteiger partial charge in [-0.2, -0.15) is 0 Å². The van der Waals surface area contributed by atoms with Crippen LogP contribution in [0.4, 0.5) is 5.95 Å². The SMILES string of the molecule is COc1ccc(C[C@@H](NC(=O)C2CCN(c3ncccn3)CC2)c2ccc(OC)cc2)cc1. The number of benzene rings is 2. The third-order valence-electron chi connectivity index (χ3n) is 6.13. The first-order chi connectivity index (χ1) is 16.2. The first-order valence-corrected chi connectivity index (χ1v) is 11.3. The van der Waals surface area contributed by atoms with E-state index in [1.807, 2.05) is 54.6 Å². The van der Waals surface area contributed by atoms with Crippen molar-refractivity contribution in [2.75, 3.05) is 32.2 Å². The maximum atomic E-state index is 13.2. The molecule has 1 N–H and O–H groups in total. The number of anilines is 1. The average molecular weight is 447 g/mol. The number of rotatable bonds is 8. The van der Waals surface area contributed by atoms with Crippen LogP contribution in [0.5, 0.6) is 11.5 Å². The zero-order chi connectivity index (χ0) is 23.0. The van der Waals surface area contributed by atoms with Crippen molar-refractivity contribution >= 4 is 11.9 Å². The molecule has 0 unspecified atom stereocenters. The molecule has 0 radical (unpaired) electrons. The van der Waals surface area contributed by atoms with Crippen LogP contribution in [-0.2, 0) is 11.2 Å². The number of hydrogen-bond donors (Lipinski definition) is 1. The Morgan fingerprint density at radius 3 is 2.12 bits per heavy atom. The Hall–Kier alpha value is -3.61. The Labute approximate surface area is 194 Å². The van der Waals surface area contributed by atoms with Gasteiger partial charge in [0.15, 0.2) is 0 Å². The molecule has 0 spiro atoms. The summed E-state index contributed by atoms with van der Waals surface area (Å²) in [7, 11) is 3.31. The number of carbonyl (C=O) groups is 1. The van der Waals surface area contributed by atoms with Crippen LogP contribution < -0.4 is 19.7 Å². The van der Waals surface area contributed by atoms with E-state index in [9.17, 15) is 4.79 Å². The van der Waals surface area contributed by atoms with E-state index in [4.69, 9.17) is 9.47 Å². The van der Waals surface area contributed by atoms with Crippen LogP contribution in [0.2, 0.25) is 0 Å². The van der Waals surface area contributed by atoms with Gasteiger partial charge in [-0.3, -0.25) is 4.79 Å². The van der Waals surface area contributed by atoms with Gasteiger partial charge in [-0.15, -0.1) is 0 Å². The molecular formula is C26H30N4O3. The van der Waals surface area contributed by atoms with Gasteiger partial charge in [0.05, 0.1) is 20.3 Å². The van der Waals surface area contributed by atoms with Crippen molar-refractivity contribution in [1.82, 2.24) is 15.3 Å². The lowest BCUT2D eigenvalue weighted by Gasteiger charge is -2.32. The van der Waals surface area contributed by atoms with E-state index in [-0.39, 0.29) is 17.9 Å². The summed E-state index contributed by atoms with van der Waals surface area (Å²) in [6.07, 6.45) is 5.75. The number of nitrogens with zero attached hydrogens (tertiary/aromatic N) is 3. The number of nitrogens with one attached hydrogen (secondary N) is 1. The van der Waals surface area contributed by atoms with Crippen molar-refractivity contribution in [2.45, 2.75) is 25.3 Å². The second kappa shape index (κ2) is 10.8. The monoisotopic (exact) mass is 446 g/mol. The Morgan fingerprint density at radius 2 is 1.55 bits per heavy atom. The van der Waals surface area contributed by atoms with Gasteiger partial charge < -0.3 is 19.7 Å². The number of amides is 1. The first-order valence-electron chi connectivity index (χ1n) is 11.3. The topological polar surface area (TPSA) is 76.6 Å². The quantitative estimate of drug-likeness (QED) is 0.567. The first kappa shape index (κ1) is 22.6. The number of hydrogen-bond acceptors (Lipinski definition) is 6. The highest BCUT2D eigenvalue weighted by Gasteiger charge is 2.28. The summed E-state index contributed by atoms with van der Waals surface area (Å²) in [6, 6.07) is 17.6. The molecule has 0 bridgehead atoms. The van der Waals surface area contributed by atoms with Gasteiger partial charge in [-0.05, 0) is 60.7 Å². The molecule has 1 aliphatic rings. The Kier molecular flexibility index (Phi) is 7.40. The summed E-state index contributed by atoms with van der Waals surface area (Å²) in [5.74, 6) is 2.41. The Balaban J connectivity index is 1.44. The fourth-order valence-electron chi connectivity index (χ4n) is 4.17. The normalized spacial score (nSPS) is 15.0. The van der Waals surface area contributed by atoms with Crippen molar-refractivity contribution in [2.24, 2.45) is 5.92 Å². The molecule has 1 aliphatic heterocycles. The molecule has 2 heterocycles. The van der Waals surface area contributed by atoms with Gasteiger partial charge in [0.1, 0.15) is 11.5 Å². The van der Waals surface area contributed by atoms with Crippen LogP contribution in [0.25, 0.3) is 0 Å². The van der Waals surface area contributed by atoms with Gasteiger partial charge in [0, 0.05) is 31.4 Å². The summed E-state index contributed by atoms with van der Waals surface area (Å²) in [6.45, 7) is 1.54. The number of piperidine rings is 1. The standard InChI is InChI=1S/C26H30N4O3/c1-32-22-8-4-19(5-9-22)18-24(20-6-10-23(33-2)11-7-20)29-25(31)21-12-16-30(17-13-21)26-27-14-3-15-28-26/h3-11,14-15,21,24H,12-13,16-18H2,1-2H3,(H,29,31)/t24-/m1/s1. The Bertz CT molecular complexity index is 1020. The molecule has 7 nitrogen and oxygen atoms in total. The van der Waals surface area contributed by atoms with E-state index in [1.54, 1.807) is 26.6 Å². The molecule has 172 valence electrons. The minimum absolute atomic E-state index is 0.0263. The molecule has 7 heteroatoms. The van der Waals surface area contributed by atoms with Crippen LogP contribution in [0.3, 0.4) is 0 Å².